The first kappa shape index (κ1) is 26.3. The Bertz CT molecular complexity index is 1140. The van der Waals surface area contributed by atoms with Gasteiger partial charge in [-0.05, 0) is 67.9 Å². The molecule has 0 radical (unpaired) electrons. The lowest BCUT2D eigenvalue weighted by molar-refractivity contribution is -0.126. The Hall–Kier alpha value is -1.77. The molecule has 0 saturated carbocycles. The van der Waals surface area contributed by atoms with Crippen molar-refractivity contribution in [3.05, 3.63) is 69.0 Å². The van der Waals surface area contributed by atoms with Crippen LogP contribution in [-0.2, 0) is 17.1 Å². The molecule has 1 amide bonds. The predicted molar refractivity (Wildman–Crippen MR) is 143 cm³/mol. The van der Waals surface area contributed by atoms with Crippen molar-refractivity contribution in [3.8, 4) is 11.4 Å². The molecule has 0 spiro atoms. The molecule has 1 aliphatic heterocycles. The van der Waals surface area contributed by atoms with Crippen LogP contribution in [0, 0.1) is 5.92 Å². The molecule has 3 aromatic rings. The van der Waals surface area contributed by atoms with E-state index in [2.05, 4.69) is 26.4 Å². The van der Waals surface area contributed by atoms with Gasteiger partial charge in [-0.3, -0.25) is 9.69 Å². The van der Waals surface area contributed by atoms with Gasteiger partial charge >= 0.3 is 0 Å². The second-order valence-electron chi connectivity index (χ2n) is 8.47. The van der Waals surface area contributed by atoms with Gasteiger partial charge in [0, 0.05) is 33.8 Å². The maximum atomic E-state index is 12.6. The van der Waals surface area contributed by atoms with Crippen molar-refractivity contribution >= 4 is 52.5 Å². The van der Waals surface area contributed by atoms with Crippen molar-refractivity contribution in [1.29, 1.82) is 0 Å². The predicted octanol–water partition coefficient (Wildman–Crippen LogP) is 6.35. The van der Waals surface area contributed by atoms with E-state index in [4.69, 9.17) is 39.3 Å². The Morgan fingerprint density at radius 3 is 2.69 bits per heavy atom. The van der Waals surface area contributed by atoms with Crippen molar-refractivity contribution in [2.75, 3.05) is 25.4 Å². The van der Waals surface area contributed by atoms with Crippen LogP contribution in [0.2, 0.25) is 15.1 Å². The molecule has 0 unspecified atom stereocenters. The molecular formula is C25H27Cl3N4O2S. The number of piperidine rings is 1. The minimum absolute atomic E-state index is 0.0492. The maximum absolute atomic E-state index is 12.6. The topological polar surface area (TPSA) is 71.3 Å². The molecule has 6 nitrogen and oxygen atoms in total. The summed E-state index contributed by atoms with van der Waals surface area (Å²) in [6.07, 6.45) is 2.57. The number of aromatic nitrogens is 2. The standard InChI is InChI=1S/C25H27Cl3N4O2S/c26-19-6-7-20(22(28)14-19)24-30-23(34-31-24)15-32-11-8-17(9-12-32)25(33)29-10-3-13-35-16-18-4-1-2-5-21(18)27/h1-2,4-7,14,17H,3,8-13,15-16H2,(H,29,33). The van der Waals surface area contributed by atoms with Gasteiger partial charge in [0.2, 0.25) is 17.6 Å². The molecule has 2 aromatic carbocycles. The van der Waals surface area contributed by atoms with Gasteiger partial charge in [0.25, 0.3) is 0 Å². The average molecular weight is 554 g/mol. The number of hydrogen-bond acceptors (Lipinski definition) is 6. The minimum atomic E-state index is 0.0492. The number of likely N-dealkylation sites (tertiary alicyclic amines) is 1. The fourth-order valence-electron chi connectivity index (χ4n) is 3.97. The quantitative estimate of drug-likeness (QED) is 0.295. The lowest BCUT2D eigenvalue weighted by atomic mass is 9.96. The zero-order valence-electron chi connectivity index (χ0n) is 19.2. The first-order valence-corrected chi connectivity index (χ1v) is 13.9. The van der Waals surface area contributed by atoms with Gasteiger partial charge in [0.05, 0.1) is 11.6 Å². The van der Waals surface area contributed by atoms with Crippen LogP contribution in [0.25, 0.3) is 11.4 Å². The van der Waals surface area contributed by atoms with Gasteiger partial charge in [-0.1, -0.05) is 58.2 Å². The van der Waals surface area contributed by atoms with Crippen molar-refractivity contribution in [3.63, 3.8) is 0 Å². The van der Waals surface area contributed by atoms with Crippen LogP contribution in [0.5, 0.6) is 0 Å². The maximum Gasteiger partial charge on any atom is 0.241 e. The molecule has 35 heavy (non-hydrogen) atoms. The Labute approximate surface area is 224 Å². The highest BCUT2D eigenvalue weighted by atomic mass is 35.5. The molecule has 186 valence electrons. The van der Waals surface area contributed by atoms with Gasteiger partial charge in [-0.2, -0.15) is 16.7 Å². The minimum Gasteiger partial charge on any atom is -0.356 e. The largest absolute Gasteiger partial charge is 0.356 e. The summed E-state index contributed by atoms with van der Waals surface area (Å²) in [4.78, 5) is 19.3. The SMILES string of the molecule is O=C(NCCCSCc1ccccc1Cl)C1CCN(Cc2nc(-c3ccc(Cl)cc3Cl)no2)CC1. The molecule has 4 rings (SSSR count). The number of nitrogens with one attached hydrogen (secondary N) is 1. The number of carbonyl (C=O) groups excluding carboxylic acids is 1. The molecule has 1 N–H and O–H groups in total. The number of thioether (sulfide) groups is 1. The van der Waals surface area contributed by atoms with E-state index in [0.29, 0.717) is 40.4 Å². The van der Waals surface area contributed by atoms with Crippen molar-refractivity contribution < 1.29 is 9.32 Å². The van der Waals surface area contributed by atoms with Crippen molar-refractivity contribution in [1.82, 2.24) is 20.4 Å². The van der Waals surface area contributed by atoms with E-state index >= 15 is 0 Å². The molecule has 1 aliphatic rings. The van der Waals surface area contributed by atoms with E-state index in [9.17, 15) is 4.79 Å². The molecule has 1 saturated heterocycles. The number of hydrogen-bond donors (Lipinski definition) is 1. The van der Waals surface area contributed by atoms with Crippen LogP contribution in [0.1, 0.15) is 30.7 Å². The summed E-state index contributed by atoms with van der Waals surface area (Å²) in [5, 5.41) is 9.00. The van der Waals surface area contributed by atoms with E-state index in [0.717, 1.165) is 54.4 Å². The smallest absolute Gasteiger partial charge is 0.241 e. The fraction of sp³-hybridized carbons (Fsp3) is 0.400. The van der Waals surface area contributed by atoms with Gasteiger partial charge in [0.1, 0.15) is 0 Å². The van der Waals surface area contributed by atoms with Crippen LogP contribution < -0.4 is 5.32 Å². The van der Waals surface area contributed by atoms with E-state index in [1.165, 1.54) is 0 Å². The van der Waals surface area contributed by atoms with Crippen LogP contribution >= 0.6 is 46.6 Å². The number of halogens is 3. The number of amides is 1. The van der Waals surface area contributed by atoms with Crippen molar-refractivity contribution in [2.45, 2.75) is 31.6 Å². The van der Waals surface area contributed by atoms with E-state index in [-0.39, 0.29) is 11.8 Å². The second-order valence-corrected chi connectivity index (χ2v) is 10.8. The summed E-state index contributed by atoms with van der Waals surface area (Å²) in [5.74, 6) is 3.05. The summed E-state index contributed by atoms with van der Waals surface area (Å²) in [6, 6.07) is 13.1. The Kier molecular flexibility index (Phi) is 9.75. The lowest BCUT2D eigenvalue weighted by Crippen LogP contribution is -2.40. The molecule has 10 heteroatoms. The third-order valence-corrected chi connectivity index (χ3v) is 7.95. The van der Waals surface area contributed by atoms with Crippen LogP contribution in [0.4, 0.5) is 0 Å². The zero-order valence-corrected chi connectivity index (χ0v) is 22.3. The average Bonchev–Trinajstić information content (AvgIpc) is 3.30. The number of carbonyl (C=O) groups is 1. The Morgan fingerprint density at radius 1 is 1.11 bits per heavy atom. The van der Waals surface area contributed by atoms with Crippen LogP contribution in [-0.4, -0.2) is 46.3 Å². The van der Waals surface area contributed by atoms with Gasteiger partial charge < -0.3 is 9.84 Å². The lowest BCUT2D eigenvalue weighted by Gasteiger charge is -2.30. The Morgan fingerprint density at radius 2 is 1.91 bits per heavy atom. The zero-order chi connectivity index (χ0) is 24.6. The van der Waals surface area contributed by atoms with Gasteiger partial charge in [0.15, 0.2) is 0 Å². The summed E-state index contributed by atoms with van der Waals surface area (Å²) >= 11 is 20.2. The first-order valence-electron chi connectivity index (χ1n) is 11.6. The normalized spacial score (nSPS) is 14.8. The summed E-state index contributed by atoms with van der Waals surface area (Å²) < 4.78 is 5.42. The second kappa shape index (κ2) is 13.0. The van der Waals surface area contributed by atoms with Crippen LogP contribution in [0.3, 0.4) is 0 Å². The molecule has 1 fully saturated rings. The Balaban J connectivity index is 1.13. The van der Waals surface area contributed by atoms with E-state index < -0.39 is 0 Å². The first-order chi connectivity index (χ1) is 17.0. The number of nitrogens with zero attached hydrogens (tertiary/aromatic N) is 3. The van der Waals surface area contributed by atoms with E-state index in [1.54, 1.807) is 18.2 Å². The molecule has 0 bridgehead atoms. The van der Waals surface area contributed by atoms with Gasteiger partial charge in [-0.15, -0.1) is 0 Å². The van der Waals surface area contributed by atoms with E-state index in [1.807, 2.05) is 30.0 Å². The highest BCUT2D eigenvalue weighted by molar-refractivity contribution is 7.98. The van der Waals surface area contributed by atoms with Crippen LogP contribution in [0.15, 0.2) is 47.0 Å². The third-order valence-electron chi connectivity index (χ3n) is 5.94. The third kappa shape index (κ3) is 7.61. The summed E-state index contributed by atoms with van der Waals surface area (Å²) in [7, 11) is 0. The highest BCUT2D eigenvalue weighted by Gasteiger charge is 2.26. The summed E-state index contributed by atoms with van der Waals surface area (Å²) in [5.41, 5.74) is 1.84. The molecule has 1 aromatic heterocycles. The molecule has 2 heterocycles. The fourth-order valence-corrected chi connectivity index (χ4v) is 5.71. The molecule has 0 atom stereocenters. The highest BCUT2D eigenvalue weighted by Crippen LogP contribution is 2.29. The molecular weight excluding hydrogens is 527 g/mol. The molecule has 0 aliphatic carbocycles. The van der Waals surface area contributed by atoms with Crippen molar-refractivity contribution in [2.24, 2.45) is 5.92 Å². The summed E-state index contributed by atoms with van der Waals surface area (Å²) in [6.45, 7) is 2.87. The number of rotatable bonds is 10. The van der Waals surface area contributed by atoms with Gasteiger partial charge in [-0.25, -0.2) is 0 Å². The number of benzene rings is 2. The monoisotopic (exact) mass is 552 g/mol.